The summed E-state index contributed by atoms with van der Waals surface area (Å²) in [6.45, 7) is 12.7. The zero-order chi connectivity index (χ0) is 19.8. The van der Waals surface area contributed by atoms with Gasteiger partial charge in [-0.15, -0.1) is 0 Å². The zero-order valence-corrected chi connectivity index (χ0v) is 17.4. The Kier molecular flexibility index (Phi) is 5.68. The van der Waals surface area contributed by atoms with Crippen LogP contribution in [0.4, 0.5) is 5.82 Å². The third-order valence-corrected chi connectivity index (χ3v) is 5.35. The highest BCUT2D eigenvalue weighted by Crippen LogP contribution is 2.25. The molecule has 1 amide bonds. The molecule has 0 spiro atoms. The molecule has 0 aromatic carbocycles. The Labute approximate surface area is 166 Å². The van der Waals surface area contributed by atoms with Gasteiger partial charge in [0, 0.05) is 19.3 Å². The molecule has 3 heterocycles. The fourth-order valence-corrected chi connectivity index (χ4v) is 3.97. The molecule has 0 aliphatic carbocycles. The van der Waals surface area contributed by atoms with Crippen LogP contribution in [0.1, 0.15) is 49.7 Å². The highest BCUT2D eigenvalue weighted by molar-refractivity contribution is 6.33. The summed E-state index contributed by atoms with van der Waals surface area (Å²) >= 11 is 6.20. The molecule has 1 saturated heterocycles. The Morgan fingerprint density at radius 1 is 1.37 bits per heavy atom. The molecule has 27 heavy (non-hydrogen) atoms. The number of nitrogens with one attached hydrogen (secondary N) is 1. The summed E-state index contributed by atoms with van der Waals surface area (Å²) in [5.74, 6) is 0.756. The lowest BCUT2D eigenvalue weighted by atomic mass is 9.92. The van der Waals surface area contributed by atoms with Crippen molar-refractivity contribution < 1.29 is 4.79 Å². The Hall–Kier alpha value is -1.79. The van der Waals surface area contributed by atoms with E-state index in [0.29, 0.717) is 39.9 Å². The lowest BCUT2D eigenvalue weighted by Crippen LogP contribution is -2.41. The van der Waals surface area contributed by atoms with Crippen LogP contribution in [0.15, 0.2) is 12.3 Å². The number of rotatable bonds is 4. The summed E-state index contributed by atoms with van der Waals surface area (Å²) in [7, 11) is 0. The number of fused-ring (bicyclic) bond motifs is 1. The number of likely N-dealkylation sites (tertiary alicyclic amines) is 1. The number of nitrogen functional groups attached to an aromatic ring is 1. The van der Waals surface area contributed by atoms with Gasteiger partial charge in [-0.3, -0.25) is 9.20 Å². The lowest BCUT2D eigenvalue weighted by Gasteiger charge is -2.36. The summed E-state index contributed by atoms with van der Waals surface area (Å²) < 4.78 is 1.68. The summed E-state index contributed by atoms with van der Waals surface area (Å²) in [6, 6.07) is 1.61. The number of amides is 1. The zero-order valence-electron chi connectivity index (χ0n) is 16.7. The average Bonchev–Trinajstić information content (AvgIpc) is 2.98. The van der Waals surface area contributed by atoms with Gasteiger partial charge in [0.15, 0.2) is 5.65 Å². The van der Waals surface area contributed by atoms with Crippen LogP contribution in [0.3, 0.4) is 0 Å². The minimum Gasteiger partial charge on any atom is -0.384 e. The van der Waals surface area contributed by atoms with Gasteiger partial charge in [-0.25, -0.2) is 4.98 Å². The van der Waals surface area contributed by atoms with E-state index in [9.17, 15) is 4.79 Å². The molecule has 0 radical (unpaired) electrons. The molecule has 0 bridgehead atoms. The van der Waals surface area contributed by atoms with Gasteiger partial charge < -0.3 is 16.0 Å². The number of nitrogens with two attached hydrogens (primary N) is 1. The quantitative estimate of drug-likeness (QED) is 0.837. The molecule has 0 saturated carbocycles. The molecule has 2 aromatic heterocycles. The van der Waals surface area contributed by atoms with Crippen LogP contribution < -0.4 is 11.1 Å². The number of carbonyl (C=O) groups excluding carboxylic acids is 1. The predicted octanol–water partition coefficient (Wildman–Crippen LogP) is 3.37. The van der Waals surface area contributed by atoms with Gasteiger partial charge in [0.25, 0.3) is 5.91 Å². The smallest absolute Gasteiger partial charge is 0.255 e. The summed E-state index contributed by atoms with van der Waals surface area (Å²) in [4.78, 5) is 19.7. The molecule has 6 nitrogen and oxygen atoms in total. The van der Waals surface area contributed by atoms with Crippen LogP contribution in [-0.4, -0.2) is 46.4 Å². The number of nitrogens with zero attached hydrogens (tertiary/aromatic N) is 3. The van der Waals surface area contributed by atoms with E-state index in [1.54, 1.807) is 16.7 Å². The largest absolute Gasteiger partial charge is 0.384 e. The van der Waals surface area contributed by atoms with Crippen molar-refractivity contribution in [3.8, 4) is 0 Å². The molecular formula is C20H30ClN5O. The van der Waals surface area contributed by atoms with Gasteiger partial charge in [0.1, 0.15) is 5.82 Å². The average molecular weight is 392 g/mol. The number of hydrogen-bond acceptors (Lipinski definition) is 4. The standard InChI is InChI=1S/C20H30ClN5O/c1-13-11-26-17(22)16(21)9-15(18(26)24-13)19(27)23-10-14-5-7-25(8-6-14)12-20(2,3)4/h9,11,14H,5-8,10,12,22H2,1-4H3,(H,23,27). The SMILES string of the molecule is Cc1cn2c(N)c(Cl)cc(C(=O)NCC3CCN(CC(C)(C)C)CC3)c2n1. The molecule has 3 N–H and O–H groups in total. The van der Waals surface area contributed by atoms with E-state index in [4.69, 9.17) is 17.3 Å². The van der Waals surface area contributed by atoms with Crippen LogP contribution in [-0.2, 0) is 0 Å². The molecule has 148 valence electrons. The van der Waals surface area contributed by atoms with Crippen molar-refractivity contribution >= 4 is 29.0 Å². The first-order chi connectivity index (χ1) is 12.6. The molecule has 1 aliphatic rings. The van der Waals surface area contributed by atoms with Crippen LogP contribution >= 0.6 is 11.6 Å². The van der Waals surface area contributed by atoms with Crippen LogP contribution in [0, 0.1) is 18.3 Å². The second kappa shape index (κ2) is 7.68. The number of aryl methyl sites for hydroxylation is 1. The normalized spacial score (nSPS) is 16.8. The fraction of sp³-hybridized carbons (Fsp3) is 0.600. The molecule has 2 aromatic rings. The lowest BCUT2D eigenvalue weighted by molar-refractivity contribution is 0.0930. The van der Waals surface area contributed by atoms with Crippen molar-refractivity contribution in [1.82, 2.24) is 19.6 Å². The number of imidazole rings is 1. The number of aromatic nitrogens is 2. The second-order valence-corrected chi connectivity index (χ2v) is 9.26. The first kappa shape index (κ1) is 20.0. The molecule has 1 fully saturated rings. The maximum atomic E-state index is 12.8. The Morgan fingerprint density at radius 3 is 2.67 bits per heavy atom. The van der Waals surface area contributed by atoms with Crippen molar-refractivity contribution in [2.45, 2.75) is 40.5 Å². The first-order valence-electron chi connectivity index (χ1n) is 9.58. The fourth-order valence-electron chi connectivity index (χ4n) is 3.77. The minimum absolute atomic E-state index is 0.148. The van der Waals surface area contributed by atoms with Crippen molar-refractivity contribution in [2.24, 2.45) is 11.3 Å². The van der Waals surface area contributed by atoms with E-state index in [1.807, 2.05) is 6.92 Å². The Morgan fingerprint density at radius 2 is 2.04 bits per heavy atom. The maximum absolute atomic E-state index is 12.8. The van der Waals surface area contributed by atoms with Gasteiger partial charge in [-0.05, 0) is 50.3 Å². The number of piperidine rings is 1. The monoisotopic (exact) mass is 391 g/mol. The third-order valence-electron chi connectivity index (χ3n) is 5.04. The van der Waals surface area contributed by atoms with Gasteiger partial charge in [-0.2, -0.15) is 0 Å². The third kappa shape index (κ3) is 4.74. The number of carbonyl (C=O) groups is 1. The Balaban J connectivity index is 1.61. The van der Waals surface area contributed by atoms with E-state index in [0.717, 1.165) is 38.2 Å². The second-order valence-electron chi connectivity index (χ2n) is 8.86. The van der Waals surface area contributed by atoms with E-state index in [1.165, 1.54) is 0 Å². The molecule has 7 heteroatoms. The number of pyridine rings is 1. The minimum atomic E-state index is -0.148. The number of hydrogen-bond donors (Lipinski definition) is 2. The van der Waals surface area contributed by atoms with Crippen LogP contribution in [0.25, 0.3) is 5.65 Å². The van der Waals surface area contributed by atoms with E-state index in [2.05, 4.69) is 36.0 Å². The topological polar surface area (TPSA) is 75.7 Å². The molecule has 3 rings (SSSR count). The predicted molar refractivity (Wildman–Crippen MR) is 110 cm³/mol. The Bertz CT molecular complexity index is 831. The van der Waals surface area contributed by atoms with E-state index in [-0.39, 0.29) is 5.91 Å². The van der Waals surface area contributed by atoms with Crippen LogP contribution in [0.5, 0.6) is 0 Å². The summed E-state index contributed by atoms with van der Waals surface area (Å²) in [6.07, 6.45) is 4.01. The number of halogens is 1. The number of anilines is 1. The highest BCUT2D eigenvalue weighted by Gasteiger charge is 2.24. The van der Waals surface area contributed by atoms with E-state index < -0.39 is 0 Å². The van der Waals surface area contributed by atoms with Crippen LogP contribution in [0.2, 0.25) is 5.02 Å². The van der Waals surface area contributed by atoms with Gasteiger partial charge in [0.05, 0.1) is 16.3 Å². The van der Waals surface area contributed by atoms with Crippen molar-refractivity contribution in [3.63, 3.8) is 0 Å². The van der Waals surface area contributed by atoms with Crippen molar-refractivity contribution in [2.75, 3.05) is 31.9 Å². The maximum Gasteiger partial charge on any atom is 0.255 e. The van der Waals surface area contributed by atoms with Gasteiger partial charge in [-0.1, -0.05) is 32.4 Å². The molecule has 1 aliphatic heterocycles. The van der Waals surface area contributed by atoms with Crippen molar-refractivity contribution in [1.29, 1.82) is 0 Å². The summed E-state index contributed by atoms with van der Waals surface area (Å²) in [5.41, 5.74) is 8.13. The molecule has 0 unspecified atom stereocenters. The van der Waals surface area contributed by atoms with Gasteiger partial charge in [0.2, 0.25) is 0 Å². The first-order valence-corrected chi connectivity index (χ1v) is 9.96. The summed E-state index contributed by atoms with van der Waals surface area (Å²) in [5, 5.41) is 3.43. The van der Waals surface area contributed by atoms with E-state index >= 15 is 0 Å². The van der Waals surface area contributed by atoms with Crippen molar-refractivity contribution in [3.05, 3.63) is 28.5 Å². The molecule has 0 atom stereocenters. The molecular weight excluding hydrogens is 362 g/mol. The van der Waals surface area contributed by atoms with Gasteiger partial charge >= 0.3 is 0 Å². The highest BCUT2D eigenvalue weighted by atomic mass is 35.5.